The molecule has 5 nitrogen and oxygen atoms in total. The summed E-state index contributed by atoms with van der Waals surface area (Å²) in [5, 5.41) is 0. The Labute approximate surface area is 160 Å². The summed E-state index contributed by atoms with van der Waals surface area (Å²) in [6.07, 6.45) is 2.42. The number of nitrogens with zero attached hydrogens (tertiary/aromatic N) is 1. The molecule has 0 aliphatic carbocycles. The number of carbonyl (C=O) groups excluding carboxylic acids is 1. The number of likely N-dealkylation sites (tertiary alicyclic amines) is 1. The molecule has 2 aromatic carbocycles. The maximum Gasteiger partial charge on any atom is 0.411 e. The fraction of sp³-hybridized carbons (Fsp3) is 0.409. The first-order chi connectivity index (χ1) is 13.2. The van der Waals surface area contributed by atoms with Crippen molar-refractivity contribution in [2.75, 3.05) is 20.3 Å². The van der Waals surface area contributed by atoms with Crippen LogP contribution >= 0.6 is 0 Å². The van der Waals surface area contributed by atoms with Gasteiger partial charge in [0.05, 0.1) is 20.3 Å². The Morgan fingerprint density at radius 1 is 1.04 bits per heavy atom. The third-order valence-corrected chi connectivity index (χ3v) is 4.77. The number of amides is 1. The standard InChI is InChI=1S/C22H27NO4/c1-3-26-22(24)23-15-5-4-6-21(23)27-16-17-7-9-18(10-8-17)19-11-13-20(25-2)14-12-19/h7-14,21H,3-6,15-16H2,1-2H3. The summed E-state index contributed by atoms with van der Waals surface area (Å²) in [6.45, 7) is 3.38. The molecule has 1 heterocycles. The van der Waals surface area contributed by atoms with Crippen LogP contribution in [0.15, 0.2) is 48.5 Å². The van der Waals surface area contributed by atoms with Gasteiger partial charge in [-0.05, 0) is 55.0 Å². The number of methoxy groups -OCH3 is 1. The number of hydrogen-bond acceptors (Lipinski definition) is 4. The van der Waals surface area contributed by atoms with E-state index in [4.69, 9.17) is 14.2 Å². The molecule has 1 aliphatic heterocycles. The van der Waals surface area contributed by atoms with Gasteiger partial charge >= 0.3 is 6.09 Å². The quantitative estimate of drug-likeness (QED) is 0.730. The SMILES string of the molecule is CCOC(=O)N1CCCCC1OCc1ccc(-c2ccc(OC)cc2)cc1. The first-order valence-electron chi connectivity index (χ1n) is 9.49. The largest absolute Gasteiger partial charge is 0.497 e. The lowest BCUT2D eigenvalue weighted by molar-refractivity contribution is -0.0788. The van der Waals surface area contributed by atoms with Gasteiger partial charge in [-0.15, -0.1) is 0 Å². The van der Waals surface area contributed by atoms with Crippen LogP contribution in [0.3, 0.4) is 0 Å². The molecular weight excluding hydrogens is 342 g/mol. The van der Waals surface area contributed by atoms with Crippen LogP contribution in [0.5, 0.6) is 5.75 Å². The normalized spacial score (nSPS) is 16.8. The van der Waals surface area contributed by atoms with Crippen molar-refractivity contribution >= 4 is 6.09 Å². The smallest absolute Gasteiger partial charge is 0.411 e. The van der Waals surface area contributed by atoms with Crippen molar-refractivity contribution in [3.05, 3.63) is 54.1 Å². The number of hydrogen-bond donors (Lipinski definition) is 0. The molecule has 1 amide bonds. The van der Waals surface area contributed by atoms with E-state index in [1.807, 2.05) is 31.2 Å². The van der Waals surface area contributed by atoms with Crippen LogP contribution < -0.4 is 4.74 Å². The Morgan fingerprint density at radius 3 is 2.33 bits per heavy atom. The Balaban J connectivity index is 1.59. The van der Waals surface area contributed by atoms with Crippen LogP contribution in [0, 0.1) is 0 Å². The lowest BCUT2D eigenvalue weighted by atomic mass is 10.0. The third-order valence-electron chi connectivity index (χ3n) is 4.77. The van der Waals surface area contributed by atoms with Gasteiger partial charge in [0.1, 0.15) is 12.0 Å². The highest BCUT2D eigenvalue weighted by Crippen LogP contribution is 2.24. The van der Waals surface area contributed by atoms with Gasteiger partial charge < -0.3 is 14.2 Å². The molecule has 0 aromatic heterocycles. The monoisotopic (exact) mass is 369 g/mol. The molecule has 144 valence electrons. The van der Waals surface area contributed by atoms with Crippen LogP contribution in [0.25, 0.3) is 11.1 Å². The number of rotatable bonds is 6. The molecule has 3 rings (SSSR count). The molecule has 1 aliphatic rings. The molecule has 2 aromatic rings. The molecule has 0 spiro atoms. The summed E-state index contributed by atoms with van der Waals surface area (Å²) in [7, 11) is 1.67. The number of ether oxygens (including phenoxy) is 3. The van der Waals surface area contributed by atoms with Crippen molar-refractivity contribution in [3.8, 4) is 16.9 Å². The van der Waals surface area contributed by atoms with Crippen LogP contribution in [-0.2, 0) is 16.1 Å². The molecule has 0 saturated carbocycles. The highest BCUT2D eigenvalue weighted by molar-refractivity contribution is 5.68. The van der Waals surface area contributed by atoms with Gasteiger partial charge in [-0.25, -0.2) is 4.79 Å². The first kappa shape index (κ1) is 19.2. The summed E-state index contributed by atoms with van der Waals surface area (Å²) in [4.78, 5) is 13.8. The highest BCUT2D eigenvalue weighted by Gasteiger charge is 2.28. The zero-order valence-corrected chi connectivity index (χ0v) is 16.0. The second kappa shape index (κ2) is 9.42. The van der Waals surface area contributed by atoms with Crippen molar-refractivity contribution in [2.24, 2.45) is 0 Å². The second-order valence-corrected chi connectivity index (χ2v) is 6.58. The summed E-state index contributed by atoms with van der Waals surface area (Å²) < 4.78 is 16.4. The fourth-order valence-electron chi connectivity index (χ4n) is 3.26. The van der Waals surface area contributed by atoms with Crippen molar-refractivity contribution in [1.82, 2.24) is 4.90 Å². The van der Waals surface area contributed by atoms with Crippen molar-refractivity contribution in [3.63, 3.8) is 0 Å². The molecular formula is C22H27NO4. The molecule has 0 radical (unpaired) electrons. The number of carbonyl (C=O) groups is 1. The average Bonchev–Trinajstić information content (AvgIpc) is 2.73. The van der Waals surface area contributed by atoms with Gasteiger partial charge in [-0.1, -0.05) is 36.4 Å². The van der Waals surface area contributed by atoms with Crippen molar-refractivity contribution in [2.45, 2.75) is 39.0 Å². The average molecular weight is 369 g/mol. The lowest BCUT2D eigenvalue weighted by Gasteiger charge is -2.34. The lowest BCUT2D eigenvalue weighted by Crippen LogP contribution is -2.45. The Hall–Kier alpha value is -2.53. The van der Waals surface area contributed by atoms with E-state index in [0.717, 1.165) is 41.7 Å². The minimum absolute atomic E-state index is 0.209. The molecule has 0 bridgehead atoms. The van der Waals surface area contributed by atoms with E-state index in [-0.39, 0.29) is 12.3 Å². The summed E-state index contributed by atoms with van der Waals surface area (Å²) in [5.41, 5.74) is 3.37. The van der Waals surface area contributed by atoms with Gasteiger partial charge in [-0.2, -0.15) is 0 Å². The van der Waals surface area contributed by atoms with E-state index in [0.29, 0.717) is 19.8 Å². The zero-order valence-electron chi connectivity index (χ0n) is 16.0. The van der Waals surface area contributed by atoms with Gasteiger partial charge in [0, 0.05) is 6.54 Å². The van der Waals surface area contributed by atoms with E-state index >= 15 is 0 Å². The Kier molecular flexibility index (Phi) is 6.71. The van der Waals surface area contributed by atoms with E-state index in [9.17, 15) is 4.79 Å². The maximum atomic E-state index is 12.1. The van der Waals surface area contributed by atoms with E-state index < -0.39 is 0 Å². The van der Waals surface area contributed by atoms with E-state index in [1.165, 1.54) is 0 Å². The zero-order chi connectivity index (χ0) is 19.1. The molecule has 1 fully saturated rings. The molecule has 27 heavy (non-hydrogen) atoms. The van der Waals surface area contributed by atoms with Crippen LogP contribution in [0.2, 0.25) is 0 Å². The highest BCUT2D eigenvalue weighted by atomic mass is 16.6. The minimum atomic E-state index is -0.281. The van der Waals surface area contributed by atoms with Crippen molar-refractivity contribution < 1.29 is 19.0 Å². The van der Waals surface area contributed by atoms with E-state index in [2.05, 4.69) is 24.3 Å². The predicted molar refractivity (Wildman–Crippen MR) is 105 cm³/mol. The third kappa shape index (κ3) is 5.01. The molecule has 1 atom stereocenters. The molecule has 1 saturated heterocycles. The molecule has 1 unspecified atom stereocenters. The number of benzene rings is 2. The fourth-order valence-corrected chi connectivity index (χ4v) is 3.26. The van der Waals surface area contributed by atoms with E-state index in [1.54, 1.807) is 12.0 Å². The van der Waals surface area contributed by atoms with Crippen LogP contribution in [0.1, 0.15) is 31.7 Å². The topological polar surface area (TPSA) is 48.0 Å². The van der Waals surface area contributed by atoms with Crippen LogP contribution in [-0.4, -0.2) is 37.5 Å². The van der Waals surface area contributed by atoms with Gasteiger partial charge in [-0.3, -0.25) is 4.90 Å². The maximum absolute atomic E-state index is 12.1. The Bertz CT molecular complexity index is 727. The molecule has 5 heteroatoms. The number of piperidine rings is 1. The second-order valence-electron chi connectivity index (χ2n) is 6.58. The summed E-state index contributed by atoms with van der Waals surface area (Å²) in [6, 6.07) is 16.3. The van der Waals surface area contributed by atoms with Gasteiger partial charge in [0.25, 0.3) is 0 Å². The molecule has 0 N–H and O–H groups in total. The Morgan fingerprint density at radius 2 is 1.70 bits per heavy atom. The van der Waals surface area contributed by atoms with Gasteiger partial charge in [0.15, 0.2) is 0 Å². The van der Waals surface area contributed by atoms with Crippen molar-refractivity contribution in [1.29, 1.82) is 0 Å². The summed E-state index contributed by atoms with van der Waals surface area (Å²) in [5.74, 6) is 0.849. The minimum Gasteiger partial charge on any atom is -0.497 e. The van der Waals surface area contributed by atoms with Gasteiger partial charge in [0.2, 0.25) is 0 Å². The summed E-state index contributed by atoms with van der Waals surface area (Å²) >= 11 is 0. The van der Waals surface area contributed by atoms with Crippen LogP contribution in [0.4, 0.5) is 4.79 Å². The predicted octanol–water partition coefficient (Wildman–Crippen LogP) is 4.85. The first-order valence-corrected chi connectivity index (χ1v) is 9.49.